The van der Waals surface area contributed by atoms with Crippen LogP contribution in [0.4, 0.5) is 10.2 Å². The fourth-order valence-electron chi connectivity index (χ4n) is 5.17. The lowest BCUT2D eigenvalue weighted by Crippen LogP contribution is -2.51. The van der Waals surface area contributed by atoms with Crippen molar-refractivity contribution in [3.8, 4) is 0 Å². The van der Waals surface area contributed by atoms with E-state index in [-0.39, 0.29) is 25.5 Å². The molecule has 202 valence electrons. The molecule has 2 unspecified atom stereocenters. The molecule has 37 heavy (non-hydrogen) atoms. The minimum Gasteiger partial charge on any atom is -0.353 e. The molecule has 2 atom stereocenters. The van der Waals surface area contributed by atoms with Crippen LogP contribution in [-0.2, 0) is 21.3 Å². The Morgan fingerprint density at radius 1 is 1.19 bits per heavy atom. The van der Waals surface area contributed by atoms with Gasteiger partial charge < -0.3 is 9.80 Å². The molecule has 1 saturated heterocycles. The first-order chi connectivity index (χ1) is 17.7. The van der Waals surface area contributed by atoms with Gasteiger partial charge in [-0.15, -0.1) is 0 Å². The van der Waals surface area contributed by atoms with Crippen molar-refractivity contribution in [1.82, 2.24) is 19.8 Å². The van der Waals surface area contributed by atoms with Gasteiger partial charge in [-0.3, -0.25) is 14.2 Å². The summed E-state index contributed by atoms with van der Waals surface area (Å²) >= 11 is 6.06. The van der Waals surface area contributed by atoms with E-state index in [2.05, 4.69) is 21.8 Å². The van der Waals surface area contributed by atoms with Crippen molar-refractivity contribution in [1.29, 1.82) is 0 Å². The molecule has 0 spiro atoms. The highest BCUT2D eigenvalue weighted by Gasteiger charge is 2.33. The van der Waals surface area contributed by atoms with E-state index in [9.17, 15) is 22.2 Å². The normalized spacial score (nSPS) is 18.8. The van der Waals surface area contributed by atoms with Gasteiger partial charge in [-0.1, -0.05) is 30.7 Å². The average molecular weight is 554 g/mol. The van der Waals surface area contributed by atoms with Gasteiger partial charge in [0.2, 0.25) is 5.91 Å². The summed E-state index contributed by atoms with van der Waals surface area (Å²) in [4.78, 5) is 28.4. The monoisotopic (exact) mass is 553 g/mol. The smallest absolute Gasteiger partial charge is 0.266 e. The fourth-order valence-corrected chi connectivity index (χ4v) is 5.79. The third-order valence-corrected chi connectivity index (χ3v) is 8.17. The minimum atomic E-state index is -4.22. The van der Waals surface area contributed by atoms with Crippen molar-refractivity contribution in [2.24, 2.45) is 0 Å². The SMILES string of the molecule is CC1CCc2ncnc(N3CCN(C(=O)C(CN(CCF)CCS(=O)(=O)O)c4ccc(Cl)cc4)CC3)c21. The zero-order chi connectivity index (χ0) is 26.6. The van der Waals surface area contributed by atoms with E-state index in [1.165, 1.54) is 5.56 Å². The van der Waals surface area contributed by atoms with Gasteiger partial charge in [0.05, 0.1) is 11.7 Å². The number of hydrogen-bond acceptors (Lipinski definition) is 7. The van der Waals surface area contributed by atoms with Crippen molar-refractivity contribution >= 4 is 33.4 Å². The van der Waals surface area contributed by atoms with Crippen LogP contribution >= 0.6 is 11.6 Å². The van der Waals surface area contributed by atoms with Crippen LogP contribution in [0.2, 0.25) is 5.02 Å². The quantitative estimate of drug-likeness (QED) is 0.448. The second kappa shape index (κ2) is 12.0. The molecule has 1 aliphatic carbocycles. The summed E-state index contributed by atoms with van der Waals surface area (Å²) in [6, 6.07) is 6.93. The number of benzene rings is 1. The zero-order valence-electron chi connectivity index (χ0n) is 20.9. The summed E-state index contributed by atoms with van der Waals surface area (Å²) in [7, 11) is -4.22. The Labute approximate surface area is 222 Å². The number of carbonyl (C=O) groups excluding carboxylic acids is 1. The predicted octanol–water partition coefficient (Wildman–Crippen LogP) is 2.77. The van der Waals surface area contributed by atoms with Crippen molar-refractivity contribution < 1.29 is 22.2 Å². The molecule has 0 radical (unpaired) electrons. The van der Waals surface area contributed by atoms with Gasteiger partial charge in [0.15, 0.2) is 0 Å². The standard InChI is InChI=1S/C25H33ClFN5O4S/c1-18-2-7-22-23(18)24(29-17-28-22)31-10-12-32(13-11-31)25(33)21(19-3-5-20(26)6-4-19)16-30(9-8-27)14-15-37(34,35)36/h3-6,17-18,21H,2,7-16H2,1H3,(H,34,35,36). The third kappa shape index (κ3) is 6.95. The van der Waals surface area contributed by atoms with E-state index in [0.717, 1.165) is 29.9 Å². The first-order valence-corrected chi connectivity index (χ1v) is 14.5. The molecule has 0 saturated carbocycles. The molecule has 1 N–H and O–H groups in total. The summed E-state index contributed by atoms with van der Waals surface area (Å²) in [5, 5.41) is 0.530. The molecule has 1 aromatic heterocycles. The van der Waals surface area contributed by atoms with Crippen LogP contribution in [-0.4, -0.2) is 96.9 Å². The molecule has 2 aliphatic rings. The second-order valence-electron chi connectivity index (χ2n) is 9.69. The number of anilines is 1. The molecule has 1 aromatic carbocycles. The van der Waals surface area contributed by atoms with Crippen LogP contribution in [0.25, 0.3) is 0 Å². The van der Waals surface area contributed by atoms with Gasteiger partial charge in [0.1, 0.15) is 18.8 Å². The lowest BCUT2D eigenvalue weighted by molar-refractivity contribution is -0.133. The van der Waals surface area contributed by atoms with Crippen LogP contribution in [0.5, 0.6) is 0 Å². The van der Waals surface area contributed by atoms with Gasteiger partial charge in [-0.25, -0.2) is 14.4 Å². The van der Waals surface area contributed by atoms with Gasteiger partial charge in [-0.2, -0.15) is 8.42 Å². The molecule has 1 aliphatic heterocycles. The van der Waals surface area contributed by atoms with E-state index < -0.39 is 28.5 Å². The number of amides is 1. The Hall–Kier alpha value is -2.34. The molecule has 9 nitrogen and oxygen atoms in total. The number of aryl methyl sites for hydroxylation is 1. The average Bonchev–Trinajstić information content (AvgIpc) is 3.26. The van der Waals surface area contributed by atoms with Crippen molar-refractivity contribution in [3.05, 3.63) is 52.4 Å². The summed E-state index contributed by atoms with van der Waals surface area (Å²) in [5.74, 6) is 0.0774. The fraction of sp³-hybridized carbons (Fsp3) is 0.560. The van der Waals surface area contributed by atoms with E-state index in [1.54, 1.807) is 40.4 Å². The van der Waals surface area contributed by atoms with Crippen molar-refractivity contribution in [2.45, 2.75) is 31.6 Å². The molecule has 4 rings (SSSR count). The minimum absolute atomic E-state index is 0.0440. The third-order valence-electron chi connectivity index (χ3n) is 7.22. The number of carbonyl (C=O) groups is 1. The van der Waals surface area contributed by atoms with Gasteiger partial charge in [0, 0.05) is 62.1 Å². The van der Waals surface area contributed by atoms with Gasteiger partial charge in [-0.05, 0) is 36.5 Å². The topological polar surface area (TPSA) is 107 Å². The largest absolute Gasteiger partial charge is 0.353 e. The number of piperazine rings is 1. The zero-order valence-corrected chi connectivity index (χ0v) is 22.5. The van der Waals surface area contributed by atoms with E-state index in [0.29, 0.717) is 37.1 Å². The Bertz CT molecular complexity index is 1190. The van der Waals surface area contributed by atoms with Crippen molar-refractivity contribution in [3.63, 3.8) is 0 Å². The number of nitrogens with zero attached hydrogens (tertiary/aromatic N) is 5. The number of rotatable bonds is 10. The van der Waals surface area contributed by atoms with Gasteiger partial charge in [0.25, 0.3) is 10.1 Å². The van der Waals surface area contributed by atoms with E-state index >= 15 is 0 Å². The summed E-state index contributed by atoms with van der Waals surface area (Å²) < 4.78 is 45.0. The van der Waals surface area contributed by atoms with Crippen molar-refractivity contribution in [2.75, 3.05) is 63.1 Å². The van der Waals surface area contributed by atoms with E-state index in [1.807, 2.05) is 0 Å². The molecule has 12 heteroatoms. The second-order valence-corrected chi connectivity index (χ2v) is 11.7. The van der Waals surface area contributed by atoms with E-state index in [4.69, 9.17) is 11.6 Å². The molecule has 1 fully saturated rings. The highest BCUT2D eigenvalue weighted by molar-refractivity contribution is 7.85. The summed E-state index contributed by atoms with van der Waals surface area (Å²) in [5.41, 5.74) is 3.04. The van der Waals surface area contributed by atoms with Crippen LogP contribution < -0.4 is 4.90 Å². The number of halogens is 2. The molecule has 1 amide bonds. The maximum Gasteiger partial charge on any atom is 0.266 e. The Morgan fingerprint density at radius 3 is 2.54 bits per heavy atom. The van der Waals surface area contributed by atoms with Gasteiger partial charge >= 0.3 is 0 Å². The summed E-state index contributed by atoms with van der Waals surface area (Å²) in [6.07, 6.45) is 3.64. The number of aromatic nitrogens is 2. The first kappa shape index (κ1) is 27.7. The Balaban J connectivity index is 1.49. The number of fused-ring (bicyclic) bond motifs is 1. The molecular weight excluding hydrogens is 521 g/mol. The number of alkyl halides is 1. The van der Waals surface area contributed by atoms with Crippen LogP contribution in [0.15, 0.2) is 30.6 Å². The maximum atomic E-state index is 13.8. The van der Waals surface area contributed by atoms with Crippen LogP contribution in [0, 0.1) is 0 Å². The molecule has 2 heterocycles. The molecular formula is C25H33ClFN5O4S. The summed E-state index contributed by atoms with van der Waals surface area (Å²) in [6.45, 7) is 3.76. The Kier molecular flexibility index (Phi) is 8.99. The maximum absolute atomic E-state index is 13.8. The highest BCUT2D eigenvalue weighted by atomic mass is 35.5. The lowest BCUT2D eigenvalue weighted by Gasteiger charge is -2.38. The Morgan fingerprint density at radius 2 is 1.89 bits per heavy atom. The lowest BCUT2D eigenvalue weighted by atomic mass is 9.96. The highest BCUT2D eigenvalue weighted by Crippen LogP contribution is 2.37. The first-order valence-electron chi connectivity index (χ1n) is 12.5. The van der Waals surface area contributed by atoms with Crippen LogP contribution in [0.1, 0.15) is 42.0 Å². The molecule has 2 aromatic rings. The van der Waals surface area contributed by atoms with Crippen LogP contribution in [0.3, 0.4) is 0 Å². The predicted molar refractivity (Wildman–Crippen MR) is 141 cm³/mol. The molecule has 0 bridgehead atoms. The number of hydrogen-bond donors (Lipinski definition) is 1.